The van der Waals surface area contributed by atoms with Crippen LogP contribution in [0.15, 0.2) is 30.3 Å². The second-order valence-corrected chi connectivity index (χ2v) is 4.75. The van der Waals surface area contributed by atoms with Gasteiger partial charge in [0, 0.05) is 0 Å². The molecule has 4 heteroatoms. The molecule has 0 spiro atoms. The predicted molar refractivity (Wildman–Crippen MR) is 80.0 cm³/mol. The number of nitrogens with zero attached hydrogens (tertiary/aromatic N) is 2. The molecule has 0 aliphatic carbocycles. The second kappa shape index (κ2) is 6.48. The lowest BCUT2D eigenvalue weighted by Gasteiger charge is -2.19. The van der Waals surface area contributed by atoms with Gasteiger partial charge in [0.1, 0.15) is 5.75 Å². The van der Waals surface area contributed by atoms with Gasteiger partial charge in [0.25, 0.3) is 0 Å². The van der Waals surface area contributed by atoms with Gasteiger partial charge in [-0.3, -0.25) is 0 Å². The SMILES string of the molecule is CCOc1ccc(C(NC)c2cc(C)nnc2C)cc1. The fraction of sp³-hybridized carbons (Fsp3) is 0.375. The summed E-state index contributed by atoms with van der Waals surface area (Å²) in [7, 11) is 1.95. The van der Waals surface area contributed by atoms with Gasteiger partial charge < -0.3 is 10.1 Å². The Hall–Kier alpha value is -1.94. The van der Waals surface area contributed by atoms with Crippen LogP contribution in [-0.2, 0) is 0 Å². The van der Waals surface area contributed by atoms with Crippen molar-refractivity contribution in [2.24, 2.45) is 0 Å². The maximum Gasteiger partial charge on any atom is 0.119 e. The van der Waals surface area contributed by atoms with Crippen LogP contribution in [0, 0.1) is 13.8 Å². The minimum absolute atomic E-state index is 0.111. The van der Waals surface area contributed by atoms with E-state index < -0.39 is 0 Å². The summed E-state index contributed by atoms with van der Waals surface area (Å²) < 4.78 is 5.48. The molecule has 0 saturated carbocycles. The number of hydrogen-bond donors (Lipinski definition) is 1. The van der Waals surface area contributed by atoms with Gasteiger partial charge in [-0.2, -0.15) is 10.2 Å². The Balaban J connectivity index is 2.34. The van der Waals surface area contributed by atoms with Crippen LogP contribution in [0.25, 0.3) is 0 Å². The molecule has 0 saturated heterocycles. The smallest absolute Gasteiger partial charge is 0.119 e. The molecule has 1 unspecified atom stereocenters. The molecule has 106 valence electrons. The highest BCUT2D eigenvalue weighted by atomic mass is 16.5. The van der Waals surface area contributed by atoms with Gasteiger partial charge in [-0.1, -0.05) is 12.1 Å². The molecule has 1 aromatic heterocycles. The van der Waals surface area contributed by atoms with Crippen molar-refractivity contribution >= 4 is 0 Å². The number of aryl methyl sites for hydroxylation is 2. The largest absolute Gasteiger partial charge is 0.494 e. The lowest BCUT2D eigenvalue weighted by atomic mass is 9.97. The first kappa shape index (κ1) is 14.5. The summed E-state index contributed by atoms with van der Waals surface area (Å²) in [5.74, 6) is 0.895. The van der Waals surface area contributed by atoms with E-state index in [1.807, 2.05) is 40.0 Å². The summed E-state index contributed by atoms with van der Waals surface area (Å²) in [4.78, 5) is 0. The third-order valence-electron chi connectivity index (χ3n) is 3.26. The molecule has 1 N–H and O–H groups in total. The Bertz CT molecular complexity index is 566. The molecule has 2 rings (SSSR count). The Kier molecular flexibility index (Phi) is 4.69. The van der Waals surface area contributed by atoms with Crippen LogP contribution in [0.5, 0.6) is 5.75 Å². The molecule has 1 aromatic carbocycles. The summed E-state index contributed by atoms with van der Waals surface area (Å²) in [5.41, 5.74) is 4.22. The van der Waals surface area contributed by atoms with Crippen LogP contribution in [0.2, 0.25) is 0 Å². The zero-order chi connectivity index (χ0) is 14.5. The van der Waals surface area contributed by atoms with Crippen molar-refractivity contribution in [3.8, 4) is 5.75 Å². The fourth-order valence-corrected chi connectivity index (χ4v) is 2.29. The molecular weight excluding hydrogens is 250 g/mol. The number of rotatable bonds is 5. The van der Waals surface area contributed by atoms with Gasteiger partial charge >= 0.3 is 0 Å². The molecule has 0 bridgehead atoms. The summed E-state index contributed by atoms with van der Waals surface area (Å²) in [6.45, 7) is 6.61. The van der Waals surface area contributed by atoms with E-state index in [2.05, 4.69) is 33.7 Å². The van der Waals surface area contributed by atoms with Crippen molar-refractivity contribution in [3.05, 3.63) is 52.8 Å². The summed E-state index contributed by atoms with van der Waals surface area (Å²) in [6.07, 6.45) is 0. The second-order valence-electron chi connectivity index (χ2n) is 4.75. The van der Waals surface area contributed by atoms with Crippen molar-refractivity contribution in [1.29, 1.82) is 0 Å². The lowest BCUT2D eigenvalue weighted by molar-refractivity contribution is 0.340. The molecule has 2 aromatic rings. The highest BCUT2D eigenvalue weighted by Gasteiger charge is 2.15. The molecule has 0 fully saturated rings. The Morgan fingerprint density at radius 1 is 1.15 bits per heavy atom. The molecular formula is C16H21N3O. The quantitative estimate of drug-likeness (QED) is 0.908. The van der Waals surface area contributed by atoms with Crippen LogP contribution in [-0.4, -0.2) is 23.9 Å². The highest BCUT2D eigenvalue weighted by molar-refractivity contribution is 5.37. The Labute approximate surface area is 120 Å². The van der Waals surface area contributed by atoms with Crippen molar-refractivity contribution in [3.63, 3.8) is 0 Å². The van der Waals surface area contributed by atoms with Gasteiger partial charge in [0.2, 0.25) is 0 Å². The fourth-order valence-electron chi connectivity index (χ4n) is 2.29. The number of benzene rings is 1. The minimum atomic E-state index is 0.111. The summed E-state index contributed by atoms with van der Waals surface area (Å²) in [5, 5.41) is 11.6. The first-order chi connectivity index (χ1) is 9.65. The zero-order valence-electron chi connectivity index (χ0n) is 12.5. The first-order valence-corrected chi connectivity index (χ1v) is 6.86. The predicted octanol–water partition coefficient (Wildman–Crippen LogP) is 2.80. The van der Waals surface area contributed by atoms with E-state index in [1.165, 1.54) is 5.56 Å². The van der Waals surface area contributed by atoms with E-state index in [0.29, 0.717) is 6.61 Å². The van der Waals surface area contributed by atoms with Gasteiger partial charge in [0.05, 0.1) is 24.0 Å². The summed E-state index contributed by atoms with van der Waals surface area (Å²) in [6, 6.07) is 10.4. The maximum atomic E-state index is 5.48. The average Bonchev–Trinajstić information content (AvgIpc) is 2.45. The van der Waals surface area contributed by atoms with Crippen LogP contribution in [0.4, 0.5) is 0 Å². The third-order valence-corrected chi connectivity index (χ3v) is 3.26. The Morgan fingerprint density at radius 2 is 1.85 bits per heavy atom. The molecule has 4 nitrogen and oxygen atoms in total. The van der Waals surface area contributed by atoms with E-state index in [9.17, 15) is 0 Å². The molecule has 1 heterocycles. The monoisotopic (exact) mass is 271 g/mol. The standard InChI is InChI=1S/C16H21N3O/c1-5-20-14-8-6-13(7-9-14)16(17-4)15-10-11(2)18-19-12(15)3/h6-10,16-17H,5H2,1-4H3. The van der Waals surface area contributed by atoms with Gasteiger partial charge in [-0.15, -0.1) is 0 Å². The Morgan fingerprint density at radius 3 is 2.45 bits per heavy atom. The molecule has 1 atom stereocenters. The van der Waals surface area contributed by atoms with E-state index in [4.69, 9.17) is 4.74 Å². The lowest BCUT2D eigenvalue weighted by Crippen LogP contribution is -2.19. The van der Waals surface area contributed by atoms with E-state index >= 15 is 0 Å². The molecule has 20 heavy (non-hydrogen) atoms. The van der Waals surface area contributed by atoms with E-state index in [0.717, 1.165) is 22.7 Å². The first-order valence-electron chi connectivity index (χ1n) is 6.86. The highest BCUT2D eigenvalue weighted by Crippen LogP contribution is 2.25. The van der Waals surface area contributed by atoms with Gasteiger partial charge in [-0.05, 0) is 57.1 Å². The number of hydrogen-bond acceptors (Lipinski definition) is 4. The van der Waals surface area contributed by atoms with Gasteiger partial charge in [0.15, 0.2) is 0 Å². The van der Waals surface area contributed by atoms with Crippen LogP contribution < -0.4 is 10.1 Å². The zero-order valence-corrected chi connectivity index (χ0v) is 12.5. The number of ether oxygens (including phenoxy) is 1. The van der Waals surface area contributed by atoms with Crippen molar-refractivity contribution in [2.45, 2.75) is 26.8 Å². The molecule has 0 aliphatic rings. The van der Waals surface area contributed by atoms with E-state index in [-0.39, 0.29) is 6.04 Å². The van der Waals surface area contributed by atoms with Crippen molar-refractivity contribution in [1.82, 2.24) is 15.5 Å². The van der Waals surface area contributed by atoms with Gasteiger partial charge in [-0.25, -0.2) is 0 Å². The molecule has 0 aliphatic heterocycles. The maximum absolute atomic E-state index is 5.48. The third kappa shape index (κ3) is 3.14. The van der Waals surface area contributed by atoms with Crippen LogP contribution in [0.3, 0.4) is 0 Å². The van der Waals surface area contributed by atoms with Crippen molar-refractivity contribution in [2.75, 3.05) is 13.7 Å². The minimum Gasteiger partial charge on any atom is -0.494 e. The average molecular weight is 271 g/mol. The van der Waals surface area contributed by atoms with Crippen molar-refractivity contribution < 1.29 is 4.74 Å². The number of nitrogens with one attached hydrogen (secondary N) is 1. The normalized spacial score (nSPS) is 12.2. The summed E-state index contributed by atoms with van der Waals surface area (Å²) >= 11 is 0. The number of aromatic nitrogens is 2. The molecule has 0 amide bonds. The van der Waals surface area contributed by atoms with Crippen LogP contribution >= 0.6 is 0 Å². The topological polar surface area (TPSA) is 47.0 Å². The molecule has 0 radical (unpaired) electrons. The van der Waals surface area contributed by atoms with Crippen LogP contribution in [0.1, 0.15) is 35.5 Å². The van der Waals surface area contributed by atoms with E-state index in [1.54, 1.807) is 0 Å².